The van der Waals surface area contributed by atoms with Crippen molar-refractivity contribution in [3.05, 3.63) is 47.8 Å². The summed E-state index contributed by atoms with van der Waals surface area (Å²) in [7, 11) is 1.81. The fraction of sp³-hybridized carbons (Fsp3) is 0.188. The summed E-state index contributed by atoms with van der Waals surface area (Å²) < 4.78 is 15.8. The van der Waals surface area contributed by atoms with Crippen molar-refractivity contribution in [3.8, 4) is 17.2 Å². The highest BCUT2D eigenvalue weighted by atomic mass is 19.1. The predicted molar refractivity (Wildman–Crippen MR) is 81.2 cm³/mol. The largest absolute Gasteiger partial charge is 0.316 e. The molecular weight excluding hydrogens is 281 g/mol. The van der Waals surface area contributed by atoms with Crippen LogP contribution in [-0.2, 0) is 13.5 Å². The first-order valence-electron chi connectivity index (χ1n) is 6.82. The predicted octanol–water partition coefficient (Wildman–Crippen LogP) is 2.17. The summed E-state index contributed by atoms with van der Waals surface area (Å²) >= 11 is 0. The van der Waals surface area contributed by atoms with Crippen LogP contribution in [0.4, 0.5) is 4.39 Å². The molecule has 0 aliphatic rings. The van der Waals surface area contributed by atoms with Gasteiger partial charge < -0.3 is 5.73 Å². The fourth-order valence-corrected chi connectivity index (χ4v) is 2.39. The van der Waals surface area contributed by atoms with Gasteiger partial charge in [0.25, 0.3) is 0 Å². The summed E-state index contributed by atoms with van der Waals surface area (Å²) in [5.41, 5.74) is 9.31. The number of hydrogen-bond donors (Lipinski definition) is 1. The molecule has 2 N–H and O–H groups in total. The number of fused-ring (bicyclic) bond motifs is 1. The molecule has 1 heterocycles. The SMILES string of the molecule is Cn1nnc2ccc(-c3ccc(C[C@H](N)C#N)c(F)c3)cc21. The molecule has 1 atom stereocenters. The molecule has 110 valence electrons. The third kappa shape index (κ3) is 2.54. The number of rotatable bonds is 3. The van der Waals surface area contributed by atoms with Crippen LogP contribution in [0.2, 0.25) is 0 Å². The van der Waals surface area contributed by atoms with Gasteiger partial charge in [0, 0.05) is 13.5 Å². The van der Waals surface area contributed by atoms with Crippen LogP contribution < -0.4 is 5.73 Å². The van der Waals surface area contributed by atoms with Crippen LogP contribution in [0.15, 0.2) is 36.4 Å². The maximum atomic E-state index is 14.2. The van der Waals surface area contributed by atoms with Crippen LogP contribution in [-0.4, -0.2) is 21.0 Å². The molecule has 5 nitrogen and oxygen atoms in total. The van der Waals surface area contributed by atoms with Crippen molar-refractivity contribution < 1.29 is 4.39 Å². The first-order chi connectivity index (χ1) is 10.6. The second-order valence-electron chi connectivity index (χ2n) is 5.16. The Morgan fingerprint density at radius 2 is 2.00 bits per heavy atom. The normalized spacial score (nSPS) is 12.3. The van der Waals surface area contributed by atoms with Gasteiger partial charge in [-0.25, -0.2) is 9.07 Å². The minimum Gasteiger partial charge on any atom is -0.316 e. The molecule has 6 heteroatoms. The Hall–Kier alpha value is -2.78. The lowest BCUT2D eigenvalue weighted by atomic mass is 10.00. The summed E-state index contributed by atoms with van der Waals surface area (Å²) in [6, 6.07) is 11.8. The Morgan fingerprint density at radius 3 is 2.73 bits per heavy atom. The van der Waals surface area contributed by atoms with E-state index < -0.39 is 6.04 Å². The average Bonchev–Trinajstić information content (AvgIpc) is 2.90. The van der Waals surface area contributed by atoms with Gasteiger partial charge in [0.05, 0.1) is 17.6 Å². The Balaban J connectivity index is 1.98. The van der Waals surface area contributed by atoms with Crippen LogP contribution in [0.5, 0.6) is 0 Å². The van der Waals surface area contributed by atoms with E-state index >= 15 is 0 Å². The number of benzene rings is 2. The van der Waals surface area contributed by atoms with Gasteiger partial charge in [-0.05, 0) is 34.9 Å². The van der Waals surface area contributed by atoms with Gasteiger partial charge >= 0.3 is 0 Å². The molecule has 0 amide bonds. The van der Waals surface area contributed by atoms with Crippen LogP contribution in [0.25, 0.3) is 22.2 Å². The van der Waals surface area contributed by atoms with Crippen LogP contribution in [0, 0.1) is 17.1 Å². The van der Waals surface area contributed by atoms with Crippen LogP contribution >= 0.6 is 0 Å². The first kappa shape index (κ1) is 14.2. The van der Waals surface area contributed by atoms with E-state index in [-0.39, 0.29) is 12.2 Å². The van der Waals surface area contributed by atoms with Gasteiger partial charge in [-0.3, -0.25) is 0 Å². The van der Waals surface area contributed by atoms with Crippen LogP contribution in [0.1, 0.15) is 5.56 Å². The molecule has 3 aromatic rings. The monoisotopic (exact) mass is 295 g/mol. The highest BCUT2D eigenvalue weighted by Gasteiger charge is 2.10. The van der Waals surface area contributed by atoms with Crippen molar-refractivity contribution in [1.29, 1.82) is 5.26 Å². The molecule has 0 unspecified atom stereocenters. The molecule has 0 spiro atoms. The molecule has 0 aliphatic heterocycles. The highest BCUT2D eigenvalue weighted by Crippen LogP contribution is 2.25. The van der Waals surface area contributed by atoms with E-state index in [1.165, 1.54) is 6.07 Å². The molecule has 0 saturated carbocycles. The first-order valence-corrected chi connectivity index (χ1v) is 6.82. The van der Waals surface area contributed by atoms with E-state index in [1.54, 1.807) is 10.7 Å². The van der Waals surface area contributed by atoms with Gasteiger partial charge in [-0.2, -0.15) is 5.26 Å². The number of nitrogens with zero attached hydrogens (tertiary/aromatic N) is 4. The molecular formula is C16H14FN5. The summed E-state index contributed by atoms with van der Waals surface area (Å²) in [5.74, 6) is -0.355. The lowest BCUT2D eigenvalue weighted by molar-refractivity contribution is 0.604. The van der Waals surface area contributed by atoms with E-state index in [1.807, 2.05) is 37.4 Å². The minimum absolute atomic E-state index is 0.202. The van der Waals surface area contributed by atoms with E-state index in [4.69, 9.17) is 11.0 Å². The van der Waals surface area contributed by atoms with Crippen molar-refractivity contribution in [2.24, 2.45) is 12.8 Å². The van der Waals surface area contributed by atoms with E-state index in [2.05, 4.69) is 10.3 Å². The quantitative estimate of drug-likeness (QED) is 0.803. The zero-order chi connectivity index (χ0) is 15.7. The summed E-state index contributed by atoms with van der Waals surface area (Å²) in [5, 5.41) is 16.7. The number of aryl methyl sites for hydroxylation is 1. The maximum absolute atomic E-state index is 14.2. The van der Waals surface area contributed by atoms with Crippen molar-refractivity contribution in [2.45, 2.75) is 12.5 Å². The number of aromatic nitrogens is 3. The summed E-state index contributed by atoms with van der Waals surface area (Å²) in [4.78, 5) is 0. The second-order valence-corrected chi connectivity index (χ2v) is 5.16. The second kappa shape index (κ2) is 5.54. The van der Waals surface area contributed by atoms with E-state index in [9.17, 15) is 4.39 Å². The lowest BCUT2D eigenvalue weighted by Gasteiger charge is -2.08. The molecule has 0 bridgehead atoms. The molecule has 0 aliphatic carbocycles. The minimum atomic E-state index is -0.697. The lowest BCUT2D eigenvalue weighted by Crippen LogP contribution is -2.20. The third-order valence-electron chi connectivity index (χ3n) is 3.60. The maximum Gasteiger partial charge on any atom is 0.127 e. The number of hydrogen-bond acceptors (Lipinski definition) is 4. The Kier molecular flexibility index (Phi) is 3.57. The number of nitriles is 1. The van der Waals surface area contributed by atoms with Gasteiger partial charge in [0.1, 0.15) is 11.3 Å². The third-order valence-corrected chi connectivity index (χ3v) is 3.60. The van der Waals surface area contributed by atoms with Gasteiger partial charge in [0.15, 0.2) is 0 Å². The van der Waals surface area contributed by atoms with Crippen molar-refractivity contribution >= 4 is 11.0 Å². The zero-order valence-electron chi connectivity index (χ0n) is 12.0. The number of nitrogens with two attached hydrogens (primary N) is 1. The summed E-state index contributed by atoms with van der Waals surface area (Å²) in [6.45, 7) is 0. The smallest absolute Gasteiger partial charge is 0.127 e. The molecule has 3 rings (SSSR count). The summed E-state index contributed by atoms with van der Waals surface area (Å²) in [6.07, 6.45) is 0.202. The fourth-order valence-electron chi connectivity index (χ4n) is 2.39. The average molecular weight is 295 g/mol. The van der Waals surface area contributed by atoms with Gasteiger partial charge in [0.2, 0.25) is 0 Å². The zero-order valence-corrected chi connectivity index (χ0v) is 12.0. The molecule has 0 fully saturated rings. The standard InChI is InChI=1S/C16H14FN5/c1-22-16-8-11(4-5-15(16)20-21-22)10-2-3-12(14(17)7-10)6-13(19)9-18/h2-5,7-8,13H,6,19H2,1H3/t13-/m0/s1. The van der Waals surface area contributed by atoms with Crippen molar-refractivity contribution in [2.75, 3.05) is 0 Å². The molecule has 0 saturated heterocycles. The van der Waals surface area contributed by atoms with Crippen molar-refractivity contribution in [3.63, 3.8) is 0 Å². The van der Waals surface area contributed by atoms with Gasteiger partial charge in [-0.15, -0.1) is 5.10 Å². The molecule has 1 aromatic heterocycles. The van der Waals surface area contributed by atoms with E-state index in [0.717, 1.165) is 22.2 Å². The molecule has 0 radical (unpaired) electrons. The Morgan fingerprint density at radius 1 is 1.27 bits per heavy atom. The molecule has 22 heavy (non-hydrogen) atoms. The Bertz CT molecular complexity index is 878. The van der Waals surface area contributed by atoms with E-state index in [0.29, 0.717) is 5.56 Å². The van der Waals surface area contributed by atoms with Gasteiger partial charge in [-0.1, -0.05) is 23.4 Å². The topological polar surface area (TPSA) is 80.5 Å². The Labute approximate surface area is 126 Å². The highest BCUT2D eigenvalue weighted by molar-refractivity contribution is 5.81. The van der Waals surface area contributed by atoms with Crippen LogP contribution in [0.3, 0.4) is 0 Å². The van der Waals surface area contributed by atoms with Crippen molar-refractivity contribution in [1.82, 2.24) is 15.0 Å². The number of halogens is 1. The molecule has 2 aromatic carbocycles.